The van der Waals surface area contributed by atoms with Crippen LogP contribution in [0.5, 0.6) is 0 Å². The molecular weight excluding hydrogens is 230 g/mol. The Labute approximate surface area is 85.5 Å². The minimum Gasteiger partial charge on any atom is -0.385 e. The van der Waals surface area contributed by atoms with Gasteiger partial charge >= 0.3 is 0 Å². The summed E-state index contributed by atoms with van der Waals surface area (Å²) in [6, 6.07) is 0. The Morgan fingerprint density at radius 3 is 2.79 bits per heavy atom. The lowest BCUT2D eigenvalue weighted by Gasteiger charge is -2.25. The second-order valence-electron chi connectivity index (χ2n) is 3.24. The standard InChI is InChI=1S/C6H14O6P2/c1-6(7)3-10-4(2-11-13-8)5(6)12-14-9/h4-5,7-9,13-14H,2-3H2,1H3/t4-,5?,6?/m1/s1. The van der Waals surface area contributed by atoms with Crippen LogP contribution in [-0.4, -0.2) is 45.9 Å². The molecule has 0 aliphatic carbocycles. The smallest absolute Gasteiger partial charge is 0.152 e. The highest BCUT2D eigenvalue weighted by Crippen LogP contribution is 2.31. The zero-order chi connectivity index (χ0) is 10.6. The van der Waals surface area contributed by atoms with Crippen molar-refractivity contribution in [1.29, 1.82) is 0 Å². The maximum Gasteiger partial charge on any atom is 0.152 e. The predicted molar refractivity (Wildman–Crippen MR) is 52.3 cm³/mol. The molecule has 1 saturated heterocycles. The average molecular weight is 244 g/mol. The molecule has 0 aromatic carbocycles. The topological polar surface area (TPSA) is 88.4 Å². The van der Waals surface area contributed by atoms with E-state index in [4.69, 9.17) is 23.6 Å². The van der Waals surface area contributed by atoms with E-state index in [1.54, 1.807) is 6.92 Å². The van der Waals surface area contributed by atoms with E-state index >= 15 is 0 Å². The molecule has 1 heterocycles. The van der Waals surface area contributed by atoms with Crippen molar-refractivity contribution in [3.8, 4) is 0 Å². The van der Waals surface area contributed by atoms with E-state index in [0.717, 1.165) is 0 Å². The summed E-state index contributed by atoms with van der Waals surface area (Å²) in [5, 5.41) is 9.78. The Kier molecular flexibility index (Phi) is 5.11. The van der Waals surface area contributed by atoms with Gasteiger partial charge in [-0.05, 0) is 6.92 Å². The normalized spacial score (nSPS) is 39.4. The molecule has 0 saturated carbocycles. The van der Waals surface area contributed by atoms with Crippen LogP contribution in [-0.2, 0) is 13.8 Å². The summed E-state index contributed by atoms with van der Waals surface area (Å²) >= 11 is 0. The van der Waals surface area contributed by atoms with Gasteiger partial charge in [-0.1, -0.05) is 0 Å². The van der Waals surface area contributed by atoms with Gasteiger partial charge < -0.3 is 28.7 Å². The Morgan fingerprint density at radius 1 is 1.50 bits per heavy atom. The van der Waals surface area contributed by atoms with E-state index in [1.807, 2.05) is 0 Å². The lowest BCUT2D eigenvalue weighted by molar-refractivity contribution is -0.0229. The van der Waals surface area contributed by atoms with Crippen molar-refractivity contribution in [2.75, 3.05) is 13.2 Å². The first kappa shape index (κ1) is 12.7. The van der Waals surface area contributed by atoms with Gasteiger partial charge in [0.25, 0.3) is 0 Å². The molecule has 1 aliphatic rings. The first-order chi connectivity index (χ1) is 6.61. The van der Waals surface area contributed by atoms with E-state index in [9.17, 15) is 5.11 Å². The van der Waals surface area contributed by atoms with Gasteiger partial charge in [-0.3, -0.25) is 0 Å². The molecule has 8 heteroatoms. The first-order valence-corrected chi connectivity index (χ1v) is 5.72. The molecule has 4 unspecified atom stereocenters. The Bertz CT molecular complexity index is 178. The fourth-order valence-corrected chi connectivity index (χ4v) is 2.12. The van der Waals surface area contributed by atoms with Crippen molar-refractivity contribution in [3.05, 3.63) is 0 Å². The largest absolute Gasteiger partial charge is 0.385 e. The quantitative estimate of drug-likeness (QED) is 0.567. The molecule has 1 fully saturated rings. The molecule has 0 aromatic rings. The highest BCUT2D eigenvalue weighted by Gasteiger charge is 2.46. The summed E-state index contributed by atoms with van der Waals surface area (Å²) in [4.78, 5) is 17.1. The molecule has 14 heavy (non-hydrogen) atoms. The Balaban J connectivity index is 2.50. The van der Waals surface area contributed by atoms with Crippen LogP contribution in [0, 0.1) is 0 Å². The molecule has 3 N–H and O–H groups in total. The van der Waals surface area contributed by atoms with Gasteiger partial charge in [0.15, 0.2) is 18.1 Å². The fourth-order valence-electron chi connectivity index (χ4n) is 1.36. The maximum absolute atomic E-state index is 9.78. The third kappa shape index (κ3) is 3.05. The summed E-state index contributed by atoms with van der Waals surface area (Å²) in [6.07, 6.45) is -1.08. The first-order valence-electron chi connectivity index (χ1n) is 4.01. The highest BCUT2D eigenvalue weighted by molar-refractivity contribution is 7.25. The molecule has 0 spiro atoms. The lowest BCUT2D eigenvalue weighted by atomic mass is 10.00. The van der Waals surface area contributed by atoms with Crippen LogP contribution >= 0.6 is 18.1 Å². The monoisotopic (exact) mass is 244 g/mol. The number of ether oxygens (including phenoxy) is 1. The highest BCUT2D eigenvalue weighted by atomic mass is 31.1. The van der Waals surface area contributed by atoms with Crippen LogP contribution in [0.15, 0.2) is 0 Å². The molecule has 5 atom stereocenters. The van der Waals surface area contributed by atoms with Crippen molar-refractivity contribution >= 4 is 18.1 Å². The van der Waals surface area contributed by atoms with Gasteiger partial charge in [-0.15, -0.1) is 0 Å². The predicted octanol–water partition coefficient (Wildman–Crippen LogP) is -0.460. The van der Waals surface area contributed by atoms with E-state index in [-0.39, 0.29) is 13.2 Å². The Hall–Kier alpha value is 0.620. The maximum atomic E-state index is 9.78. The van der Waals surface area contributed by atoms with Crippen molar-refractivity contribution in [1.82, 2.24) is 0 Å². The molecule has 0 amide bonds. The van der Waals surface area contributed by atoms with E-state index in [2.05, 4.69) is 0 Å². The SMILES string of the molecule is CC1(O)CO[C@H](COPO)C1OPO. The third-order valence-corrected chi connectivity index (χ3v) is 2.69. The lowest BCUT2D eigenvalue weighted by Crippen LogP contribution is -2.42. The zero-order valence-corrected chi connectivity index (χ0v) is 9.64. The Morgan fingerprint density at radius 2 is 2.21 bits per heavy atom. The molecular formula is C6H14O6P2. The van der Waals surface area contributed by atoms with Gasteiger partial charge in [0.1, 0.15) is 17.8 Å². The summed E-state index contributed by atoms with van der Waals surface area (Å²) in [5.74, 6) is 0. The van der Waals surface area contributed by atoms with Gasteiger partial charge in [0.05, 0.1) is 13.2 Å². The van der Waals surface area contributed by atoms with E-state index in [1.165, 1.54) is 0 Å². The minimum atomic E-state index is -1.12. The molecule has 0 bridgehead atoms. The minimum absolute atomic E-state index is 0.130. The molecule has 6 nitrogen and oxygen atoms in total. The van der Waals surface area contributed by atoms with Crippen LogP contribution in [0.25, 0.3) is 0 Å². The molecule has 0 aromatic heterocycles. The van der Waals surface area contributed by atoms with Gasteiger partial charge in [0, 0.05) is 0 Å². The molecule has 0 radical (unpaired) electrons. The van der Waals surface area contributed by atoms with E-state index in [0.29, 0.717) is 0 Å². The number of rotatable bonds is 5. The van der Waals surface area contributed by atoms with Crippen LogP contribution < -0.4 is 0 Å². The summed E-state index contributed by atoms with van der Waals surface area (Å²) in [7, 11) is -1.33. The third-order valence-electron chi connectivity index (χ3n) is 2.03. The van der Waals surface area contributed by atoms with Gasteiger partial charge in [-0.2, -0.15) is 0 Å². The van der Waals surface area contributed by atoms with Gasteiger partial charge in [0.2, 0.25) is 0 Å². The second-order valence-corrected chi connectivity index (χ2v) is 4.13. The van der Waals surface area contributed by atoms with Crippen molar-refractivity contribution in [2.24, 2.45) is 0 Å². The van der Waals surface area contributed by atoms with Crippen LogP contribution in [0.4, 0.5) is 0 Å². The molecule has 84 valence electrons. The van der Waals surface area contributed by atoms with Crippen molar-refractivity contribution in [3.63, 3.8) is 0 Å². The number of aliphatic hydroxyl groups is 1. The molecule has 1 aliphatic heterocycles. The summed E-state index contributed by atoms with van der Waals surface area (Å²) in [6.45, 7) is 1.84. The zero-order valence-electron chi connectivity index (χ0n) is 7.64. The second kappa shape index (κ2) is 5.64. The van der Waals surface area contributed by atoms with Crippen molar-refractivity contribution < 1.29 is 28.7 Å². The summed E-state index contributed by atoms with van der Waals surface area (Å²) in [5.41, 5.74) is -1.12. The van der Waals surface area contributed by atoms with Crippen LogP contribution in [0.1, 0.15) is 6.92 Å². The van der Waals surface area contributed by atoms with Crippen LogP contribution in [0.3, 0.4) is 0 Å². The van der Waals surface area contributed by atoms with Crippen LogP contribution in [0.2, 0.25) is 0 Å². The average Bonchev–Trinajstić information content (AvgIpc) is 2.41. The van der Waals surface area contributed by atoms with Crippen molar-refractivity contribution in [2.45, 2.75) is 24.7 Å². The number of hydrogen-bond acceptors (Lipinski definition) is 6. The summed E-state index contributed by atoms with van der Waals surface area (Å²) < 4.78 is 15.0. The number of hydrogen-bond donors (Lipinski definition) is 3. The van der Waals surface area contributed by atoms with E-state index < -0.39 is 35.9 Å². The fraction of sp³-hybridized carbons (Fsp3) is 1.00. The van der Waals surface area contributed by atoms with Gasteiger partial charge in [-0.25, -0.2) is 0 Å². The molecule has 1 rings (SSSR count).